The lowest BCUT2D eigenvalue weighted by molar-refractivity contribution is -0.126. The predicted molar refractivity (Wildman–Crippen MR) is 133 cm³/mol. The van der Waals surface area contributed by atoms with E-state index in [2.05, 4.69) is 14.7 Å². The van der Waals surface area contributed by atoms with E-state index in [1.54, 1.807) is 42.6 Å². The molecule has 0 radical (unpaired) electrons. The van der Waals surface area contributed by atoms with Crippen molar-refractivity contribution in [1.29, 1.82) is 0 Å². The number of carbonyl (C=O) groups is 3. The van der Waals surface area contributed by atoms with Gasteiger partial charge in [0.1, 0.15) is 16.7 Å². The summed E-state index contributed by atoms with van der Waals surface area (Å²) < 4.78 is 14.5. The number of rotatable bonds is 10. The Morgan fingerprint density at radius 3 is 2.75 bits per heavy atom. The lowest BCUT2D eigenvalue weighted by Crippen LogP contribution is -2.44. The maximum absolute atomic E-state index is 13.8. The number of hydrogen-bond donors (Lipinski definition) is 3. The molecule has 0 fully saturated rings. The van der Waals surface area contributed by atoms with Crippen molar-refractivity contribution in [2.45, 2.75) is 12.6 Å². The van der Waals surface area contributed by atoms with E-state index < -0.39 is 23.8 Å². The third kappa shape index (κ3) is 5.19. The molecule has 3 amide bonds. The van der Waals surface area contributed by atoms with Crippen LogP contribution in [0, 0.1) is 0 Å². The van der Waals surface area contributed by atoms with E-state index in [9.17, 15) is 14.4 Å². The number of ether oxygens (including phenoxy) is 1. The summed E-state index contributed by atoms with van der Waals surface area (Å²) in [7, 11) is 1.52. The SMILES string of the molecule is COCCNC(=O)[C@H](c1ccc2ncccc2c1)N(Cc1ccco1)C(=O)c1snc(C(N)=O)c1N. The molecule has 1 aromatic carbocycles. The third-order valence-electron chi connectivity index (χ3n) is 5.43. The Kier molecular flexibility index (Phi) is 7.56. The number of nitrogens with one attached hydrogen (secondary N) is 1. The summed E-state index contributed by atoms with van der Waals surface area (Å²) in [6.07, 6.45) is 3.15. The van der Waals surface area contributed by atoms with Crippen LogP contribution in [0.1, 0.15) is 37.5 Å². The summed E-state index contributed by atoms with van der Waals surface area (Å²) in [6.45, 7) is 0.469. The van der Waals surface area contributed by atoms with Gasteiger partial charge in [-0.25, -0.2) is 0 Å². The highest BCUT2D eigenvalue weighted by molar-refractivity contribution is 7.09. The molecular formula is C24H24N6O5S. The minimum atomic E-state index is -1.08. The maximum Gasteiger partial charge on any atom is 0.270 e. The topological polar surface area (TPSA) is 167 Å². The number of aromatic nitrogens is 2. The minimum absolute atomic E-state index is 0.00694. The standard InChI is InChI=1S/C24H24N6O5S/c1-34-11-9-28-23(32)20(15-6-7-17-14(12-15)4-2-8-27-17)30(13-16-5-3-10-35-16)24(33)21-18(25)19(22(26)31)29-36-21/h2-8,10,12,20H,9,11,13,25H2,1H3,(H2,26,31)(H,28,32)/t20-/m0/s1. The Morgan fingerprint density at radius 1 is 1.22 bits per heavy atom. The van der Waals surface area contributed by atoms with Crippen molar-refractivity contribution in [3.8, 4) is 0 Å². The summed E-state index contributed by atoms with van der Waals surface area (Å²) in [5, 5.41) is 3.61. The van der Waals surface area contributed by atoms with E-state index in [0.717, 1.165) is 22.4 Å². The van der Waals surface area contributed by atoms with E-state index in [1.165, 1.54) is 18.3 Å². The number of pyridine rings is 1. The molecule has 4 rings (SSSR count). The minimum Gasteiger partial charge on any atom is -0.467 e. The highest BCUT2D eigenvalue weighted by Crippen LogP contribution is 2.31. The Morgan fingerprint density at radius 2 is 2.06 bits per heavy atom. The van der Waals surface area contributed by atoms with Crippen molar-refractivity contribution < 1.29 is 23.5 Å². The highest BCUT2D eigenvalue weighted by Gasteiger charge is 2.35. The van der Waals surface area contributed by atoms with Gasteiger partial charge < -0.3 is 30.8 Å². The zero-order chi connectivity index (χ0) is 25.7. The molecule has 0 aliphatic carbocycles. The van der Waals surface area contributed by atoms with Gasteiger partial charge in [0.2, 0.25) is 5.91 Å². The first kappa shape index (κ1) is 24.8. The van der Waals surface area contributed by atoms with Gasteiger partial charge >= 0.3 is 0 Å². The van der Waals surface area contributed by atoms with Gasteiger partial charge in [0.15, 0.2) is 5.69 Å². The van der Waals surface area contributed by atoms with E-state index in [-0.39, 0.29) is 36.0 Å². The average molecular weight is 509 g/mol. The molecule has 186 valence electrons. The summed E-state index contributed by atoms with van der Waals surface area (Å²) in [5.74, 6) is -1.45. The van der Waals surface area contributed by atoms with Gasteiger partial charge in [-0.15, -0.1) is 0 Å². The number of nitrogen functional groups attached to an aromatic ring is 1. The molecule has 4 aromatic rings. The maximum atomic E-state index is 13.8. The van der Waals surface area contributed by atoms with E-state index in [4.69, 9.17) is 20.6 Å². The van der Waals surface area contributed by atoms with Crippen LogP contribution < -0.4 is 16.8 Å². The second kappa shape index (κ2) is 11.0. The summed E-state index contributed by atoms with van der Waals surface area (Å²) in [4.78, 5) is 44.7. The fraction of sp³-hybridized carbons (Fsp3) is 0.208. The zero-order valence-electron chi connectivity index (χ0n) is 19.3. The zero-order valence-corrected chi connectivity index (χ0v) is 20.2. The van der Waals surface area contributed by atoms with Crippen LogP contribution in [-0.4, -0.2) is 52.2 Å². The Hall–Kier alpha value is -4.29. The predicted octanol–water partition coefficient (Wildman–Crippen LogP) is 2.11. The van der Waals surface area contributed by atoms with Gasteiger partial charge in [0.05, 0.1) is 30.6 Å². The van der Waals surface area contributed by atoms with Crippen LogP contribution in [-0.2, 0) is 16.1 Å². The smallest absolute Gasteiger partial charge is 0.270 e. The summed E-state index contributed by atoms with van der Waals surface area (Å²) in [5.41, 5.74) is 12.3. The molecule has 36 heavy (non-hydrogen) atoms. The monoisotopic (exact) mass is 508 g/mol. The molecule has 0 aliphatic rings. The molecular weight excluding hydrogens is 484 g/mol. The molecule has 0 unspecified atom stereocenters. The van der Waals surface area contributed by atoms with Crippen LogP contribution in [0.5, 0.6) is 0 Å². The van der Waals surface area contributed by atoms with Crippen LogP contribution in [0.4, 0.5) is 5.69 Å². The number of methoxy groups -OCH3 is 1. The molecule has 3 aromatic heterocycles. The van der Waals surface area contributed by atoms with Crippen molar-refractivity contribution >= 4 is 45.8 Å². The number of anilines is 1. The summed E-state index contributed by atoms with van der Waals surface area (Å²) >= 11 is 0.743. The van der Waals surface area contributed by atoms with Gasteiger partial charge in [0.25, 0.3) is 11.8 Å². The lowest BCUT2D eigenvalue weighted by Gasteiger charge is -2.30. The van der Waals surface area contributed by atoms with Crippen molar-refractivity contribution in [3.05, 3.63) is 76.8 Å². The second-order valence-corrected chi connectivity index (χ2v) is 8.57. The van der Waals surface area contributed by atoms with Crippen molar-refractivity contribution in [2.24, 2.45) is 5.73 Å². The van der Waals surface area contributed by atoms with Gasteiger partial charge in [-0.1, -0.05) is 12.1 Å². The van der Waals surface area contributed by atoms with Crippen molar-refractivity contribution in [3.63, 3.8) is 0 Å². The average Bonchev–Trinajstić information content (AvgIpc) is 3.53. The van der Waals surface area contributed by atoms with Crippen LogP contribution in [0.2, 0.25) is 0 Å². The largest absolute Gasteiger partial charge is 0.467 e. The quantitative estimate of drug-likeness (QED) is 0.274. The molecule has 1 atom stereocenters. The molecule has 12 heteroatoms. The molecule has 0 saturated carbocycles. The third-order valence-corrected chi connectivity index (χ3v) is 6.28. The number of fused-ring (bicyclic) bond motifs is 1. The lowest BCUT2D eigenvalue weighted by atomic mass is 10.0. The van der Waals surface area contributed by atoms with E-state index in [1.807, 2.05) is 6.07 Å². The number of benzene rings is 1. The van der Waals surface area contributed by atoms with E-state index >= 15 is 0 Å². The van der Waals surface area contributed by atoms with Crippen molar-refractivity contribution in [2.75, 3.05) is 26.0 Å². The van der Waals surface area contributed by atoms with Crippen LogP contribution in [0.3, 0.4) is 0 Å². The van der Waals surface area contributed by atoms with Gasteiger partial charge in [-0.3, -0.25) is 19.4 Å². The molecule has 0 bridgehead atoms. The summed E-state index contributed by atoms with van der Waals surface area (Å²) in [6, 6.07) is 11.3. The number of amides is 3. The Bertz CT molecular complexity index is 1390. The molecule has 0 spiro atoms. The second-order valence-electron chi connectivity index (χ2n) is 7.79. The molecule has 5 N–H and O–H groups in total. The molecule has 3 heterocycles. The Labute approximate surface area is 210 Å². The molecule has 0 saturated heterocycles. The van der Waals surface area contributed by atoms with Gasteiger partial charge in [-0.05, 0) is 47.4 Å². The van der Waals surface area contributed by atoms with Gasteiger partial charge in [0, 0.05) is 25.2 Å². The number of carbonyl (C=O) groups excluding carboxylic acids is 3. The van der Waals surface area contributed by atoms with Crippen LogP contribution in [0.25, 0.3) is 10.9 Å². The number of primary amides is 1. The fourth-order valence-electron chi connectivity index (χ4n) is 3.72. The Balaban J connectivity index is 1.82. The first-order valence-corrected chi connectivity index (χ1v) is 11.7. The molecule has 11 nitrogen and oxygen atoms in total. The molecule has 0 aliphatic heterocycles. The van der Waals surface area contributed by atoms with Gasteiger partial charge in [-0.2, -0.15) is 4.37 Å². The van der Waals surface area contributed by atoms with Crippen LogP contribution >= 0.6 is 11.5 Å². The number of nitrogens with two attached hydrogens (primary N) is 2. The van der Waals surface area contributed by atoms with E-state index in [0.29, 0.717) is 11.3 Å². The number of furan rings is 1. The normalized spacial score (nSPS) is 11.8. The number of nitrogens with zero attached hydrogens (tertiary/aromatic N) is 3. The fourth-order valence-corrected chi connectivity index (χ4v) is 4.48. The highest BCUT2D eigenvalue weighted by atomic mass is 32.1. The first-order valence-electron chi connectivity index (χ1n) is 10.9. The number of hydrogen-bond acceptors (Lipinski definition) is 9. The first-order chi connectivity index (χ1) is 17.4. The van der Waals surface area contributed by atoms with Crippen molar-refractivity contribution in [1.82, 2.24) is 19.6 Å². The van der Waals surface area contributed by atoms with Crippen LogP contribution in [0.15, 0.2) is 59.3 Å².